The number of piperidine rings is 1. The highest BCUT2D eigenvalue weighted by molar-refractivity contribution is 5.75. The Morgan fingerprint density at radius 2 is 1.96 bits per heavy atom. The van der Waals surface area contributed by atoms with Gasteiger partial charge in [0.05, 0.1) is 29.5 Å². The van der Waals surface area contributed by atoms with E-state index in [1.54, 1.807) is 19.1 Å². The average molecular weight is 392 g/mol. The van der Waals surface area contributed by atoms with Crippen molar-refractivity contribution >= 4 is 17.3 Å². The van der Waals surface area contributed by atoms with E-state index >= 15 is 0 Å². The smallest absolute Gasteiger partial charge is 0.416 e. The molecule has 6 nitrogen and oxygen atoms in total. The average Bonchev–Trinajstić information content (AvgIpc) is 2.68. The van der Waals surface area contributed by atoms with Gasteiger partial charge in [-0.15, -0.1) is 0 Å². The van der Waals surface area contributed by atoms with Gasteiger partial charge < -0.3 is 15.0 Å². The summed E-state index contributed by atoms with van der Waals surface area (Å²) >= 11 is 0. The van der Waals surface area contributed by atoms with E-state index < -0.39 is 11.7 Å². The third-order valence-corrected chi connectivity index (χ3v) is 4.39. The summed E-state index contributed by atoms with van der Waals surface area (Å²) in [5, 5.41) is 20.3. The molecule has 0 radical (unpaired) electrons. The first-order chi connectivity index (χ1) is 13.3. The van der Waals surface area contributed by atoms with Gasteiger partial charge in [0.25, 0.3) is 0 Å². The highest BCUT2D eigenvalue weighted by Crippen LogP contribution is 2.37. The van der Waals surface area contributed by atoms with Crippen LogP contribution in [0, 0.1) is 28.6 Å². The number of nitriles is 2. The quantitative estimate of drug-likeness (QED) is 0.605. The van der Waals surface area contributed by atoms with Crippen LogP contribution in [0.25, 0.3) is 0 Å². The molecule has 1 N–H and O–H groups in total. The molecule has 2 rings (SSSR count). The molecule has 1 aromatic rings. The Kier molecular flexibility index (Phi) is 6.89. The summed E-state index contributed by atoms with van der Waals surface area (Å²) in [7, 11) is 0. The molecular weight excluding hydrogens is 373 g/mol. The molecule has 0 spiro atoms. The lowest BCUT2D eigenvalue weighted by atomic mass is 9.96. The van der Waals surface area contributed by atoms with Crippen molar-refractivity contribution in [2.24, 2.45) is 5.92 Å². The van der Waals surface area contributed by atoms with Crippen molar-refractivity contribution in [1.82, 2.24) is 0 Å². The van der Waals surface area contributed by atoms with Crippen LogP contribution in [0.4, 0.5) is 24.5 Å². The zero-order valence-electron chi connectivity index (χ0n) is 15.2. The Bertz CT molecular complexity index is 813. The van der Waals surface area contributed by atoms with Crippen molar-refractivity contribution < 1.29 is 22.7 Å². The van der Waals surface area contributed by atoms with Crippen LogP contribution in [0.15, 0.2) is 30.0 Å². The Labute approximate surface area is 160 Å². The molecule has 0 atom stereocenters. The number of allylic oxidation sites excluding steroid dienone is 1. The number of carbonyl (C=O) groups excluding carboxylic acids is 1. The number of nitrogens with one attached hydrogen (secondary N) is 1. The van der Waals surface area contributed by atoms with E-state index in [2.05, 4.69) is 5.32 Å². The Morgan fingerprint density at radius 3 is 2.50 bits per heavy atom. The third-order valence-electron chi connectivity index (χ3n) is 4.39. The minimum atomic E-state index is -4.52. The molecule has 148 valence electrons. The SMILES string of the molecule is CCOC(=O)C1CCN(c2ccc(C(F)(F)F)cc2NC=C(C#N)C#N)CC1. The number of benzene rings is 1. The maximum Gasteiger partial charge on any atom is 0.416 e. The molecule has 0 aromatic heterocycles. The molecule has 1 aliphatic rings. The van der Waals surface area contributed by atoms with E-state index in [-0.39, 0.29) is 23.1 Å². The molecule has 1 heterocycles. The van der Waals surface area contributed by atoms with Crippen molar-refractivity contribution in [2.45, 2.75) is 25.9 Å². The number of halogens is 3. The summed E-state index contributed by atoms with van der Waals surface area (Å²) < 4.78 is 44.2. The lowest BCUT2D eigenvalue weighted by Gasteiger charge is -2.34. The van der Waals surface area contributed by atoms with E-state index in [9.17, 15) is 18.0 Å². The second-order valence-corrected chi connectivity index (χ2v) is 6.17. The van der Waals surface area contributed by atoms with Gasteiger partial charge in [-0.2, -0.15) is 23.7 Å². The summed E-state index contributed by atoms with van der Waals surface area (Å²) in [5.41, 5.74) is -0.470. The largest absolute Gasteiger partial charge is 0.466 e. The molecule has 0 bridgehead atoms. The van der Waals surface area contributed by atoms with Crippen molar-refractivity contribution in [3.05, 3.63) is 35.5 Å². The van der Waals surface area contributed by atoms with E-state index in [1.807, 2.05) is 4.90 Å². The van der Waals surface area contributed by atoms with E-state index in [0.29, 0.717) is 38.2 Å². The summed E-state index contributed by atoms with van der Waals surface area (Å²) in [6, 6.07) is 6.57. The van der Waals surface area contributed by atoms with E-state index in [1.165, 1.54) is 6.07 Å². The van der Waals surface area contributed by atoms with Crippen LogP contribution < -0.4 is 10.2 Å². The normalized spacial score (nSPS) is 14.6. The van der Waals surface area contributed by atoms with Gasteiger partial charge in [0.15, 0.2) is 0 Å². The van der Waals surface area contributed by atoms with Crippen LogP contribution >= 0.6 is 0 Å². The number of anilines is 2. The first-order valence-electron chi connectivity index (χ1n) is 8.69. The van der Waals surface area contributed by atoms with Crippen molar-refractivity contribution in [1.29, 1.82) is 10.5 Å². The monoisotopic (exact) mass is 392 g/mol. The minimum absolute atomic E-state index is 0.132. The molecule has 0 amide bonds. The number of hydrogen-bond donors (Lipinski definition) is 1. The second-order valence-electron chi connectivity index (χ2n) is 6.17. The van der Waals surface area contributed by atoms with Crippen molar-refractivity contribution in [3.8, 4) is 12.1 Å². The van der Waals surface area contributed by atoms with Crippen LogP contribution in [-0.4, -0.2) is 25.7 Å². The third kappa shape index (κ3) is 5.17. The van der Waals surface area contributed by atoms with Crippen molar-refractivity contribution in [3.63, 3.8) is 0 Å². The fourth-order valence-corrected chi connectivity index (χ4v) is 2.96. The first-order valence-corrected chi connectivity index (χ1v) is 8.69. The minimum Gasteiger partial charge on any atom is -0.466 e. The van der Waals surface area contributed by atoms with Crippen LogP contribution in [0.1, 0.15) is 25.3 Å². The van der Waals surface area contributed by atoms with Crippen LogP contribution in [0.2, 0.25) is 0 Å². The van der Waals surface area contributed by atoms with Gasteiger partial charge in [0.2, 0.25) is 0 Å². The van der Waals surface area contributed by atoms with E-state index in [4.69, 9.17) is 15.3 Å². The maximum atomic E-state index is 13.1. The van der Waals surface area contributed by atoms with Gasteiger partial charge >= 0.3 is 12.1 Å². The molecule has 0 aliphatic carbocycles. The zero-order chi connectivity index (χ0) is 20.7. The Morgan fingerprint density at radius 1 is 1.32 bits per heavy atom. The molecule has 28 heavy (non-hydrogen) atoms. The molecule has 0 unspecified atom stereocenters. The van der Waals surface area contributed by atoms with Crippen molar-refractivity contribution in [2.75, 3.05) is 29.9 Å². The van der Waals surface area contributed by atoms with Crippen LogP contribution in [0.3, 0.4) is 0 Å². The molecule has 1 fully saturated rings. The Balaban J connectivity index is 2.26. The fourth-order valence-electron chi connectivity index (χ4n) is 2.96. The van der Waals surface area contributed by atoms with Gasteiger partial charge in [0.1, 0.15) is 17.7 Å². The molecule has 9 heteroatoms. The first kappa shape index (κ1) is 21.1. The van der Waals surface area contributed by atoms with Gasteiger partial charge in [-0.05, 0) is 38.0 Å². The molecule has 1 aliphatic heterocycles. The standard InChI is InChI=1S/C19H19F3N4O2/c1-2-28-18(27)14-5-7-26(8-6-14)17-4-3-15(19(20,21)22)9-16(17)25-12-13(10-23)11-24/h3-4,9,12,14,25H,2,5-8H2,1H3. The number of carbonyl (C=O) groups is 1. The number of nitrogens with zero attached hydrogens (tertiary/aromatic N) is 3. The van der Waals surface area contributed by atoms with Gasteiger partial charge in [-0.3, -0.25) is 4.79 Å². The number of esters is 1. The highest BCUT2D eigenvalue weighted by atomic mass is 19.4. The number of hydrogen-bond acceptors (Lipinski definition) is 6. The number of rotatable bonds is 5. The van der Waals surface area contributed by atoms with Crippen LogP contribution in [-0.2, 0) is 15.7 Å². The van der Waals surface area contributed by atoms with Gasteiger partial charge in [-0.1, -0.05) is 0 Å². The second kappa shape index (κ2) is 9.14. The lowest BCUT2D eigenvalue weighted by Crippen LogP contribution is -2.37. The summed E-state index contributed by atoms with van der Waals surface area (Å²) in [6.45, 7) is 2.98. The maximum absolute atomic E-state index is 13.1. The topological polar surface area (TPSA) is 89.2 Å². The molecule has 0 saturated carbocycles. The number of ether oxygens (including phenoxy) is 1. The summed E-state index contributed by atoms with van der Waals surface area (Å²) in [5.74, 6) is -0.491. The van der Waals surface area contributed by atoms with Gasteiger partial charge in [-0.25, -0.2) is 0 Å². The van der Waals surface area contributed by atoms with Crippen LogP contribution in [0.5, 0.6) is 0 Å². The van der Waals surface area contributed by atoms with Gasteiger partial charge in [0, 0.05) is 19.3 Å². The molecular formula is C19H19F3N4O2. The van der Waals surface area contributed by atoms with E-state index in [0.717, 1.165) is 18.3 Å². The summed E-state index contributed by atoms with van der Waals surface area (Å²) in [6.07, 6.45) is -2.40. The summed E-state index contributed by atoms with van der Waals surface area (Å²) in [4.78, 5) is 13.7. The molecule has 1 saturated heterocycles. The predicted molar refractivity (Wildman–Crippen MR) is 95.9 cm³/mol. The number of alkyl halides is 3. The predicted octanol–water partition coefficient (Wildman–Crippen LogP) is 3.83. The Hall–Kier alpha value is -3.20. The fraction of sp³-hybridized carbons (Fsp3) is 0.421. The lowest BCUT2D eigenvalue weighted by molar-refractivity contribution is -0.148. The highest BCUT2D eigenvalue weighted by Gasteiger charge is 2.32. The molecule has 1 aromatic carbocycles. The zero-order valence-corrected chi connectivity index (χ0v) is 15.2.